The van der Waals surface area contributed by atoms with Crippen LogP contribution in [0, 0.1) is 0 Å². The van der Waals surface area contributed by atoms with Gasteiger partial charge in [0, 0.05) is 0 Å². The molecule has 0 spiro atoms. The second-order valence-electron chi connectivity index (χ2n) is 2.34. The van der Waals surface area contributed by atoms with Gasteiger partial charge in [0.05, 0.1) is 21.9 Å². The van der Waals surface area contributed by atoms with Gasteiger partial charge in [-0.15, -0.1) is 0 Å². The van der Waals surface area contributed by atoms with E-state index in [-0.39, 0.29) is 0 Å². The fraction of sp³-hybridized carbons (Fsp3) is 0.125. The molecule has 1 nitrogen and oxygen atoms in total. The fourth-order valence-corrected chi connectivity index (χ4v) is 1.50. The van der Waals surface area contributed by atoms with E-state index in [9.17, 15) is 0 Å². The van der Waals surface area contributed by atoms with Gasteiger partial charge in [-0.05, 0) is 11.3 Å². The highest BCUT2D eigenvalue weighted by Gasteiger charge is 2.03. The first-order valence-corrected chi connectivity index (χ1v) is 4.03. The summed E-state index contributed by atoms with van der Waals surface area (Å²) in [6.07, 6.45) is 2.03. The highest BCUT2D eigenvalue weighted by molar-refractivity contribution is 6.41. The molecule has 0 N–H and O–H groups in total. The van der Waals surface area contributed by atoms with Crippen molar-refractivity contribution < 1.29 is 0 Å². The lowest BCUT2D eigenvalue weighted by Crippen LogP contribution is -2.22. The molecule has 0 amide bonds. The molecular formula is C8H5Cl2N. The normalized spacial score (nSPS) is 13.6. The quantitative estimate of drug-likeness (QED) is 0.580. The minimum atomic E-state index is 0.568. The molecule has 1 aliphatic rings. The van der Waals surface area contributed by atoms with Crippen LogP contribution in [0.5, 0.6) is 0 Å². The Bertz CT molecular complexity index is 409. The zero-order valence-corrected chi connectivity index (χ0v) is 7.15. The Morgan fingerprint density at radius 3 is 2.91 bits per heavy atom. The molecular weight excluding hydrogens is 181 g/mol. The van der Waals surface area contributed by atoms with Gasteiger partial charge in [-0.3, -0.25) is 4.99 Å². The summed E-state index contributed by atoms with van der Waals surface area (Å²) in [4.78, 5) is 4.19. The van der Waals surface area contributed by atoms with Gasteiger partial charge in [0.25, 0.3) is 0 Å². The first-order chi connectivity index (χ1) is 5.29. The molecule has 0 saturated heterocycles. The zero-order valence-electron chi connectivity index (χ0n) is 5.64. The molecule has 56 valence electrons. The summed E-state index contributed by atoms with van der Waals surface area (Å²) in [6, 6.07) is 3.72. The van der Waals surface area contributed by atoms with Crippen LogP contribution in [0.3, 0.4) is 0 Å². The second-order valence-corrected chi connectivity index (χ2v) is 3.13. The average Bonchev–Trinajstić information content (AvgIpc) is 2.45. The Kier molecular flexibility index (Phi) is 1.63. The maximum atomic E-state index is 5.89. The van der Waals surface area contributed by atoms with Crippen molar-refractivity contribution in [1.29, 1.82) is 0 Å². The van der Waals surface area contributed by atoms with Crippen molar-refractivity contribution in [3.05, 3.63) is 32.8 Å². The lowest BCUT2D eigenvalue weighted by molar-refractivity contribution is 1.22. The highest BCUT2D eigenvalue weighted by atomic mass is 35.5. The van der Waals surface area contributed by atoms with E-state index in [2.05, 4.69) is 4.99 Å². The predicted octanol–water partition coefficient (Wildman–Crippen LogP) is 1.41. The van der Waals surface area contributed by atoms with Crippen molar-refractivity contribution in [1.82, 2.24) is 0 Å². The van der Waals surface area contributed by atoms with Crippen LogP contribution in [0.15, 0.2) is 17.1 Å². The van der Waals surface area contributed by atoms with Crippen molar-refractivity contribution in [3.63, 3.8) is 0 Å². The van der Waals surface area contributed by atoms with E-state index in [0.29, 0.717) is 10.0 Å². The summed E-state index contributed by atoms with van der Waals surface area (Å²) < 4.78 is 0. The molecule has 1 aromatic rings. The molecule has 0 atom stereocenters. The largest absolute Gasteiger partial charge is 0.279 e. The minimum absolute atomic E-state index is 0.568. The molecule has 11 heavy (non-hydrogen) atoms. The van der Waals surface area contributed by atoms with Crippen molar-refractivity contribution in [2.24, 2.45) is 4.99 Å². The Labute approximate surface area is 74.0 Å². The third-order valence-electron chi connectivity index (χ3n) is 1.66. The van der Waals surface area contributed by atoms with Crippen molar-refractivity contribution in [2.75, 3.05) is 6.54 Å². The topological polar surface area (TPSA) is 12.4 Å². The van der Waals surface area contributed by atoms with Gasteiger partial charge in [0.2, 0.25) is 0 Å². The summed E-state index contributed by atoms with van der Waals surface area (Å²) in [5.74, 6) is 0. The summed E-state index contributed by atoms with van der Waals surface area (Å²) in [7, 11) is 0. The minimum Gasteiger partial charge on any atom is -0.279 e. The van der Waals surface area contributed by atoms with Crippen LogP contribution in [0.1, 0.15) is 0 Å². The number of halogens is 2. The Balaban J connectivity index is 2.95. The van der Waals surface area contributed by atoms with Gasteiger partial charge in [0.15, 0.2) is 0 Å². The lowest BCUT2D eigenvalue weighted by atomic mass is 10.3. The maximum Gasteiger partial charge on any atom is 0.0850 e. The standard InChI is InChI=1S/C8H5Cl2N/c9-6-2-1-5-3-4-11-8(5)7(6)10/h1-3H,4H2. The molecule has 0 aliphatic carbocycles. The van der Waals surface area contributed by atoms with Crippen LogP contribution in [0.25, 0.3) is 6.08 Å². The van der Waals surface area contributed by atoms with E-state index in [1.165, 1.54) is 0 Å². The fourth-order valence-electron chi connectivity index (χ4n) is 1.12. The summed E-state index contributed by atoms with van der Waals surface area (Å²) in [6.45, 7) is 0.718. The summed E-state index contributed by atoms with van der Waals surface area (Å²) >= 11 is 11.7. The summed E-state index contributed by atoms with van der Waals surface area (Å²) in [5, 5.41) is 3.06. The molecule has 1 aliphatic heterocycles. The van der Waals surface area contributed by atoms with Gasteiger partial charge < -0.3 is 0 Å². The molecule has 0 saturated carbocycles. The van der Waals surface area contributed by atoms with Crippen LogP contribution in [-0.4, -0.2) is 6.54 Å². The molecule has 2 rings (SSSR count). The molecule has 0 aromatic heterocycles. The first-order valence-electron chi connectivity index (χ1n) is 3.28. The monoisotopic (exact) mass is 185 g/mol. The number of hydrogen-bond donors (Lipinski definition) is 0. The molecule has 0 unspecified atom stereocenters. The van der Waals surface area contributed by atoms with Gasteiger partial charge in [-0.25, -0.2) is 0 Å². The van der Waals surface area contributed by atoms with Crippen LogP contribution in [0.4, 0.5) is 0 Å². The Morgan fingerprint density at radius 1 is 1.27 bits per heavy atom. The van der Waals surface area contributed by atoms with Gasteiger partial charge in [-0.2, -0.15) is 0 Å². The van der Waals surface area contributed by atoms with E-state index in [1.54, 1.807) is 6.07 Å². The molecule has 1 aromatic carbocycles. The molecule has 1 heterocycles. The van der Waals surface area contributed by atoms with Crippen LogP contribution in [-0.2, 0) is 0 Å². The van der Waals surface area contributed by atoms with Gasteiger partial charge in [0.1, 0.15) is 0 Å². The molecule has 0 fully saturated rings. The Hall–Kier alpha value is -0.530. The Morgan fingerprint density at radius 2 is 2.09 bits per heavy atom. The molecule has 0 radical (unpaired) electrons. The number of fused-ring (bicyclic) bond motifs is 1. The highest BCUT2D eigenvalue weighted by Crippen LogP contribution is 2.14. The van der Waals surface area contributed by atoms with Crippen LogP contribution in [0.2, 0.25) is 10.0 Å². The average molecular weight is 186 g/mol. The number of benzene rings is 1. The predicted molar refractivity (Wildman–Crippen MR) is 46.6 cm³/mol. The van der Waals surface area contributed by atoms with Crippen molar-refractivity contribution in [2.45, 2.75) is 0 Å². The lowest BCUT2D eigenvalue weighted by Gasteiger charge is -1.92. The zero-order chi connectivity index (χ0) is 7.84. The number of hydrogen-bond acceptors (Lipinski definition) is 1. The van der Waals surface area contributed by atoms with E-state index < -0.39 is 0 Å². The SMILES string of the molecule is Clc1ccc2c(c1Cl)=NCC=2. The van der Waals surface area contributed by atoms with Gasteiger partial charge in [-0.1, -0.05) is 35.3 Å². The third kappa shape index (κ3) is 1.05. The van der Waals surface area contributed by atoms with E-state index in [0.717, 1.165) is 17.1 Å². The van der Waals surface area contributed by atoms with Crippen LogP contribution >= 0.6 is 23.2 Å². The number of nitrogens with zero attached hydrogens (tertiary/aromatic N) is 1. The maximum absolute atomic E-state index is 5.89. The first kappa shape index (κ1) is 7.14. The van der Waals surface area contributed by atoms with E-state index >= 15 is 0 Å². The molecule has 0 bridgehead atoms. The van der Waals surface area contributed by atoms with Gasteiger partial charge >= 0.3 is 0 Å². The molecule has 3 heteroatoms. The third-order valence-corrected chi connectivity index (χ3v) is 2.46. The van der Waals surface area contributed by atoms with E-state index in [1.807, 2.05) is 12.1 Å². The number of rotatable bonds is 0. The van der Waals surface area contributed by atoms with Crippen molar-refractivity contribution in [3.8, 4) is 0 Å². The smallest absolute Gasteiger partial charge is 0.0850 e. The van der Waals surface area contributed by atoms with Crippen molar-refractivity contribution >= 4 is 29.3 Å². The van der Waals surface area contributed by atoms with E-state index in [4.69, 9.17) is 23.2 Å². The summed E-state index contributed by atoms with van der Waals surface area (Å²) in [5.41, 5.74) is 0. The van der Waals surface area contributed by atoms with Crippen LogP contribution < -0.4 is 10.6 Å². The second kappa shape index (κ2) is 2.50.